The lowest BCUT2D eigenvalue weighted by atomic mass is 10.1. The summed E-state index contributed by atoms with van der Waals surface area (Å²) in [7, 11) is -3.61. The van der Waals surface area contributed by atoms with Crippen molar-refractivity contribution in [2.24, 2.45) is 5.92 Å². The highest BCUT2D eigenvalue weighted by Crippen LogP contribution is 2.28. The van der Waals surface area contributed by atoms with Crippen molar-refractivity contribution < 1.29 is 18.3 Å². The number of rotatable bonds is 4. The van der Waals surface area contributed by atoms with Crippen LogP contribution in [0, 0.1) is 5.92 Å². The van der Waals surface area contributed by atoms with Crippen LogP contribution < -0.4 is 4.72 Å². The standard InChI is InChI=1S/C12H14BrNO4S/c13-10-3-1-2-4-11(10)19(17,18)14-9-6-5-8(7-9)12(15)16/h1-4,8-9,14H,5-7H2,(H,15,16). The molecule has 5 nitrogen and oxygen atoms in total. The van der Waals surface area contributed by atoms with E-state index in [1.54, 1.807) is 18.2 Å². The molecule has 1 aliphatic carbocycles. The number of carboxylic acids is 1. The largest absolute Gasteiger partial charge is 0.481 e. The van der Waals surface area contributed by atoms with Crippen LogP contribution in [0.4, 0.5) is 0 Å². The number of halogens is 1. The van der Waals surface area contributed by atoms with Gasteiger partial charge in [0.05, 0.1) is 10.8 Å². The van der Waals surface area contributed by atoms with E-state index in [2.05, 4.69) is 20.7 Å². The summed E-state index contributed by atoms with van der Waals surface area (Å²) < 4.78 is 27.5. The van der Waals surface area contributed by atoms with Gasteiger partial charge in [-0.3, -0.25) is 4.79 Å². The second-order valence-electron chi connectivity index (χ2n) is 4.60. The van der Waals surface area contributed by atoms with Gasteiger partial charge in [0.2, 0.25) is 10.0 Å². The Kier molecular flexibility index (Phi) is 4.27. The molecule has 0 bridgehead atoms. The zero-order valence-corrected chi connectivity index (χ0v) is 12.4. The van der Waals surface area contributed by atoms with E-state index >= 15 is 0 Å². The highest BCUT2D eigenvalue weighted by molar-refractivity contribution is 9.10. The molecule has 0 saturated heterocycles. The lowest BCUT2D eigenvalue weighted by molar-refractivity contribution is -0.141. The predicted octanol–water partition coefficient (Wildman–Crippen LogP) is 1.98. The minimum Gasteiger partial charge on any atom is -0.481 e. The third kappa shape index (κ3) is 3.34. The van der Waals surface area contributed by atoms with Crippen molar-refractivity contribution in [2.45, 2.75) is 30.2 Å². The van der Waals surface area contributed by atoms with Crippen LogP contribution in [-0.4, -0.2) is 25.5 Å². The van der Waals surface area contributed by atoms with E-state index in [4.69, 9.17) is 5.11 Å². The van der Waals surface area contributed by atoms with Crippen LogP contribution in [0.2, 0.25) is 0 Å². The third-order valence-electron chi connectivity index (χ3n) is 3.23. The van der Waals surface area contributed by atoms with E-state index in [1.807, 2.05) is 0 Å². The van der Waals surface area contributed by atoms with Crippen LogP contribution in [0.25, 0.3) is 0 Å². The van der Waals surface area contributed by atoms with Gasteiger partial charge in [0.1, 0.15) is 0 Å². The number of benzene rings is 1. The quantitative estimate of drug-likeness (QED) is 0.872. The van der Waals surface area contributed by atoms with Crippen molar-refractivity contribution in [3.8, 4) is 0 Å². The third-order valence-corrected chi connectivity index (χ3v) is 5.76. The van der Waals surface area contributed by atoms with E-state index in [9.17, 15) is 13.2 Å². The topological polar surface area (TPSA) is 83.5 Å². The summed E-state index contributed by atoms with van der Waals surface area (Å²) in [5.74, 6) is -1.31. The Morgan fingerprint density at radius 3 is 2.58 bits per heavy atom. The molecule has 2 N–H and O–H groups in total. The van der Waals surface area contributed by atoms with E-state index < -0.39 is 21.9 Å². The van der Waals surface area contributed by atoms with Gasteiger partial charge in [0, 0.05) is 10.5 Å². The van der Waals surface area contributed by atoms with E-state index in [-0.39, 0.29) is 10.9 Å². The number of aliphatic carboxylic acids is 1. The fourth-order valence-corrected chi connectivity index (χ4v) is 4.54. The average Bonchev–Trinajstić information content (AvgIpc) is 2.77. The molecule has 0 radical (unpaired) electrons. The Morgan fingerprint density at radius 1 is 1.32 bits per heavy atom. The number of hydrogen-bond donors (Lipinski definition) is 2. The smallest absolute Gasteiger partial charge is 0.306 e. The monoisotopic (exact) mass is 347 g/mol. The molecule has 0 spiro atoms. The van der Waals surface area contributed by atoms with Crippen molar-refractivity contribution in [1.82, 2.24) is 4.72 Å². The predicted molar refractivity (Wildman–Crippen MR) is 73.2 cm³/mol. The Bertz CT molecular complexity index is 587. The summed E-state index contributed by atoms with van der Waals surface area (Å²) in [5.41, 5.74) is 0. The highest BCUT2D eigenvalue weighted by Gasteiger charge is 2.32. The first-order valence-corrected chi connectivity index (χ1v) is 8.17. The summed E-state index contributed by atoms with van der Waals surface area (Å²) in [6.07, 6.45) is 1.41. The Balaban J connectivity index is 2.11. The molecular weight excluding hydrogens is 334 g/mol. The molecule has 104 valence electrons. The van der Waals surface area contributed by atoms with Crippen molar-refractivity contribution in [2.75, 3.05) is 0 Å². The molecule has 0 amide bonds. The first kappa shape index (κ1) is 14.5. The lowest BCUT2D eigenvalue weighted by Gasteiger charge is -2.13. The second kappa shape index (κ2) is 5.60. The first-order valence-electron chi connectivity index (χ1n) is 5.90. The normalized spacial score (nSPS) is 23.4. The molecule has 0 aliphatic heterocycles. The van der Waals surface area contributed by atoms with Gasteiger partial charge in [0.15, 0.2) is 0 Å². The second-order valence-corrected chi connectivity index (χ2v) is 7.13. The summed E-state index contributed by atoms with van der Waals surface area (Å²) in [6, 6.07) is 6.24. The molecule has 0 aromatic heterocycles. The maximum atomic E-state index is 12.2. The van der Waals surface area contributed by atoms with Crippen LogP contribution in [0.5, 0.6) is 0 Å². The molecule has 2 rings (SSSR count). The summed E-state index contributed by atoms with van der Waals surface area (Å²) in [6.45, 7) is 0. The van der Waals surface area contributed by atoms with Gasteiger partial charge in [0.25, 0.3) is 0 Å². The average molecular weight is 348 g/mol. The fourth-order valence-electron chi connectivity index (χ4n) is 2.26. The van der Waals surface area contributed by atoms with E-state index in [0.29, 0.717) is 23.7 Å². The van der Waals surface area contributed by atoms with Gasteiger partial charge < -0.3 is 5.11 Å². The fraction of sp³-hybridized carbons (Fsp3) is 0.417. The lowest BCUT2D eigenvalue weighted by Crippen LogP contribution is -2.33. The van der Waals surface area contributed by atoms with Crippen molar-refractivity contribution in [1.29, 1.82) is 0 Å². The van der Waals surface area contributed by atoms with Crippen LogP contribution >= 0.6 is 15.9 Å². The Hall–Kier alpha value is -0.920. The molecule has 1 saturated carbocycles. The molecule has 1 fully saturated rings. The number of hydrogen-bond acceptors (Lipinski definition) is 3. The van der Waals surface area contributed by atoms with Crippen molar-refractivity contribution in [3.05, 3.63) is 28.7 Å². The minimum atomic E-state index is -3.61. The molecule has 7 heteroatoms. The molecule has 1 aromatic carbocycles. The zero-order valence-electron chi connectivity index (χ0n) is 10.0. The molecule has 19 heavy (non-hydrogen) atoms. The number of sulfonamides is 1. The number of carbonyl (C=O) groups is 1. The highest BCUT2D eigenvalue weighted by atomic mass is 79.9. The Morgan fingerprint density at radius 2 is 2.00 bits per heavy atom. The maximum Gasteiger partial charge on any atom is 0.306 e. The van der Waals surface area contributed by atoms with Crippen LogP contribution in [0.3, 0.4) is 0 Å². The van der Waals surface area contributed by atoms with E-state index in [0.717, 1.165) is 0 Å². The summed E-state index contributed by atoms with van der Waals surface area (Å²) >= 11 is 3.20. The van der Waals surface area contributed by atoms with Crippen LogP contribution in [0.15, 0.2) is 33.6 Å². The summed E-state index contributed by atoms with van der Waals surface area (Å²) in [5, 5.41) is 8.91. The molecule has 1 aromatic rings. The van der Waals surface area contributed by atoms with Gasteiger partial charge in [-0.2, -0.15) is 0 Å². The van der Waals surface area contributed by atoms with Crippen molar-refractivity contribution in [3.63, 3.8) is 0 Å². The maximum absolute atomic E-state index is 12.2. The SMILES string of the molecule is O=C(O)C1CCC(NS(=O)(=O)c2ccccc2Br)C1. The van der Waals surface area contributed by atoms with Gasteiger partial charge in [-0.15, -0.1) is 0 Å². The van der Waals surface area contributed by atoms with E-state index in [1.165, 1.54) is 6.07 Å². The number of nitrogens with one attached hydrogen (secondary N) is 1. The van der Waals surface area contributed by atoms with Gasteiger partial charge in [-0.25, -0.2) is 13.1 Å². The first-order chi connectivity index (χ1) is 8.90. The molecule has 2 unspecified atom stereocenters. The zero-order chi connectivity index (χ0) is 14.0. The number of carboxylic acid groups (broad SMARTS) is 1. The van der Waals surface area contributed by atoms with Gasteiger partial charge in [-0.1, -0.05) is 12.1 Å². The van der Waals surface area contributed by atoms with Gasteiger partial charge in [-0.05, 0) is 47.3 Å². The van der Waals surface area contributed by atoms with Crippen LogP contribution in [0.1, 0.15) is 19.3 Å². The van der Waals surface area contributed by atoms with Gasteiger partial charge >= 0.3 is 5.97 Å². The Labute approximate surface area is 120 Å². The van der Waals surface area contributed by atoms with Crippen molar-refractivity contribution >= 4 is 31.9 Å². The summed E-state index contributed by atoms with van der Waals surface area (Å²) in [4.78, 5) is 11.0. The molecule has 2 atom stereocenters. The molecular formula is C12H14BrNO4S. The minimum absolute atomic E-state index is 0.175. The van der Waals surface area contributed by atoms with Crippen LogP contribution in [-0.2, 0) is 14.8 Å². The molecule has 1 aliphatic rings. The molecule has 0 heterocycles.